The van der Waals surface area contributed by atoms with Crippen molar-refractivity contribution >= 4 is 15.7 Å². The van der Waals surface area contributed by atoms with Crippen LogP contribution in [0.25, 0.3) is 0 Å². The molecule has 6 heteroatoms. The van der Waals surface area contributed by atoms with Crippen molar-refractivity contribution < 1.29 is 8.42 Å². The average molecular weight is 283 g/mol. The Balaban J connectivity index is 2.22. The van der Waals surface area contributed by atoms with E-state index in [0.717, 1.165) is 25.7 Å². The van der Waals surface area contributed by atoms with Crippen LogP contribution < -0.4 is 11.3 Å². The van der Waals surface area contributed by atoms with Crippen LogP contribution in [-0.2, 0) is 10.0 Å². The molecule has 5 nitrogen and oxygen atoms in total. The molecule has 0 saturated heterocycles. The summed E-state index contributed by atoms with van der Waals surface area (Å²) in [5, 5.41) is 0. The van der Waals surface area contributed by atoms with Crippen LogP contribution >= 0.6 is 0 Å². The lowest BCUT2D eigenvalue weighted by Crippen LogP contribution is -2.34. The number of sulfonamides is 1. The molecule has 1 saturated carbocycles. The highest BCUT2D eigenvalue weighted by Crippen LogP contribution is 2.32. The largest absolute Gasteiger partial charge is 0.324 e. The van der Waals surface area contributed by atoms with Crippen molar-refractivity contribution in [2.75, 3.05) is 12.0 Å². The summed E-state index contributed by atoms with van der Waals surface area (Å²) in [6.07, 6.45) is 3.85. The van der Waals surface area contributed by atoms with Gasteiger partial charge in [0.1, 0.15) is 0 Å². The van der Waals surface area contributed by atoms with Gasteiger partial charge >= 0.3 is 0 Å². The lowest BCUT2D eigenvalue weighted by Gasteiger charge is -2.21. The number of nitrogens with one attached hydrogen (secondary N) is 1. The Morgan fingerprint density at radius 1 is 1.32 bits per heavy atom. The molecular formula is C13H21N3O2S. The number of nitrogens with two attached hydrogens (primary N) is 1. The van der Waals surface area contributed by atoms with Crippen molar-refractivity contribution in [2.24, 2.45) is 5.84 Å². The van der Waals surface area contributed by atoms with Gasteiger partial charge in [0, 0.05) is 18.3 Å². The van der Waals surface area contributed by atoms with E-state index in [2.05, 4.69) is 12.3 Å². The van der Waals surface area contributed by atoms with E-state index in [4.69, 9.17) is 5.84 Å². The Labute approximate surface area is 114 Å². The maximum atomic E-state index is 12.6. The normalized spacial score (nSPS) is 15.7. The molecule has 0 aliphatic heterocycles. The van der Waals surface area contributed by atoms with Crippen molar-refractivity contribution in [3.8, 4) is 0 Å². The van der Waals surface area contributed by atoms with Crippen LogP contribution in [-0.4, -0.2) is 25.3 Å². The maximum Gasteiger partial charge on any atom is 0.243 e. The molecule has 0 atom stereocenters. The van der Waals surface area contributed by atoms with E-state index in [9.17, 15) is 8.42 Å². The molecule has 0 bridgehead atoms. The highest BCUT2D eigenvalue weighted by Gasteiger charge is 2.37. The Morgan fingerprint density at radius 2 is 1.95 bits per heavy atom. The standard InChI is InChI=1S/C13H21N3O2S/c1-2-3-10-16(12-6-7-12)19(17,18)13-8-4-11(15-14)5-9-13/h4-5,8-9,12,15H,2-3,6-7,10,14H2,1H3. The zero-order valence-electron chi connectivity index (χ0n) is 11.2. The second kappa shape index (κ2) is 5.90. The van der Waals surface area contributed by atoms with E-state index in [0.29, 0.717) is 17.1 Å². The first-order valence-electron chi connectivity index (χ1n) is 6.68. The number of anilines is 1. The van der Waals surface area contributed by atoms with E-state index in [1.165, 1.54) is 0 Å². The molecule has 19 heavy (non-hydrogen) atoms. The Kier molecular flexibility index (Phi) is 4.44. The van der Waals surface area contributed by atoms with Gasteiger partial charge in [0.2, 0.25) is 10.0 Å². The molecule has 106 valence electrons. The summed E-state index contributed by atoms with van der Waals surface area (Å²) < 4.78 is 26.8. The first-order valence-corrected chi connectivity index (χ1v) is 8.12. The molecule has 1 aromatic rings. The number of unbranched alkanes of at least 4 members (excludes halogenated alkanes) is 1. The summed E-state index contributed by atoms with van der Waals surface area (Å²) in [5.41, 5.74) is 3.20. The molecule has 0 spiro atoms. The van der Waals surface area contributed by atoms with Crippen molar-refractivity contribution in [1.29, 1.82) is 0 Å². The molecule has 0 aromatic heterocycles. The lowest BCUT2D eigenvalue weighted by atomic mass is 10.3. The summed E-state index contributed by atoms with van der Waals surface area (Å²) in [7, 11) is -3.37. The summed E-state index contributed by atoms with van der Waals surface area (Å²) in [6.45, 7) is 2.68. The fourth-order valence-corrected chi connectivity index (χ4v) is 3.76. The second-order valence-electron chi connectivity index (χ2n) is 4.87. The fraction of sp³-hybridized carbons (Fsp3) is 0.538. The minimum absolute atomic E-state index is 0.198. The highest BCUT2D eigenvalue weighted by atomic mass is 32.2. The van der Waals surface area contributed by atoms with Gasteiger partial charge in [0.15, 0.2) is 0 Å². The molecule has 1 fully saturated rings. The third-order valence-electron chi connectivity index (χ3n) is 3.31. The molecule has 2 rings (SSSR count). The van der Waals surface area contributed by atoms with Gasteiger partial charge in [0.05, 0.1) is 4.90 Å². The monoisotopic (exact) mass is 283 g/mol. The van der Waals surface area contributed by atoms with Crippen molar-refractivity contribution in [1.82, 2.24) is 4.31 Å². The highest BCUT2D eigenvalue weighted by molar-refractivity contribution is 7.89. The molecule has 3 N–H and O–H groups in total. The Bertz CT molecular complexity index is 509. The third-order valence-corrected chi connectivity index (χ3v) is 5.28. The number of nitrogens with zero attached hydrogens (tertiary/aromatic N) is 1. The van der Waals surface area contributed by atoms with Gasteiger partial charge in [0.25, 0.3) is 0 Å². The topological polar surface area (TPSA) is 75.4 Å². The molecule has 1 aliphatic rings. The predicted molar refractivity (Wildman–Crippen MR) is 76.1 cm³/mol. The zero-order chi connectivity index (χ0) is 13.9. The summed E-state index contributed by atoms with van der Waals surface area (Å²) in [5.74, 6) is 5.28. The lowest BCUT2D eigenvalue weighted by molar-refractivity contribution is 0.396. The first kappa shape index (κ1) is 14.3. The number of hydrogen-bond acceptors (Lipinski definition) is 4. The second-order valence-corrected chi connectivity index (χ2v) is 6.76. The van der Waals surface area contributed by atoms with Gasteiger partial charge in [-0.1, -0.05) is 13.3 Å². The molecular weight excluding hydrogens is 262 g/mol. The summed E-state index contributed by atoms with van der Waals surface area (Å²) in [4.78, 5) is 0.342. The van der Waals surface area contributed by atoms with Gasteiger partial charge in [-0.2, -0.15) is 4.31 Å². The van der Waals surface area contributed by atoms with Gasteiger partial charge in [-0.25, -0.2) is 8.42 Å². The minimum Gasteiger partial charge on any atom is -0.324 e. The van der Waals surface area contributed by atoms with Gasteiger partial charge in [-0.05, 0) is 43.5 Å². The first-order chi connectivity index (χ1) is 9.09. The number of benzene rings is 1. The summed E-state index contributed by atoms with van der Waals surface area (Å²) >= 11 is 0. The van der Waals surface area contributed by atoms with E-state index < -0.39 is 10.0 Å². The van der Waals surface area contributed by atoms with Crippen LogP contribution in [0.2, 0.25) is 0 Å². The van der Waals surface area contributed by atoms with Crippen molar-refractivity contribution in [3.05, 3.63) is 24.3 Å². The number of nitrogen functional groups attached to an aromatic ring is 1. The fourth-order valence-electron chi connectivity index (χ4n) is 2.03. The quantitative estimate of drug-likeness (QED) is 0.592. The van der Waals surface area contributed by atoms with Crippen LogP contribution in [0.4, 0.5) is 5.69 Å². The van der Waals surface area contributed by atoms with Crippen molar-refractivity contribution in [3.63, 3.8) is 0 Å². The van der Waals surface area contributed by atoms with E-state index in [1.807, 2.05) is 0 Å². The van der Waals surface area contributed by atoms with Gasteiger partial charge in [-0.3, -0.25) is 5.84 Å². The van der Waals surface area contributed by atoms with Gasteiger partial charge < -0.3 is 5.43 Å². The van der Waals surface area contributed by atoms with Crippen molar-refractivity contribution in [2.45, 2.75) is 43.5 Å². The molecule has 1 aliphatic carbocycles. The third kappa shape index (κ3) is 3.26. The van der Waals surface area contributed by atoms with Crippen LogP contribution in [0.15, 0.2) is 29.2 Å². The molecule has 1 aromatic carbocycles. The van der Waals surface area contributed by atoms with Gasteiger partial charge in [-0.15, -0.1) is 0 Å². The van der Waals surface area contributed by atoms with E-state index in [-0.39, 0.29) is 6.04 Å². The van der Waals surface area contributed by atoms with Crippen LogP contribution in [0, 0.1) is 0 Å². The van der Waals surface area contributed by atoms with Crippen LogP contribution in [0.3, 0.4) is 0 Å². The van der Waals surface area contributed by atoms with Crippen LogP contribution in [0.1, 0.15) is 32.6 Å². The molecule has 0 amide bonds. The molecule has 0 unspecified atom stereocenters. The smallest absolute Gasteiger partial charge is 0.243 e. The zero-order valence-corrected chi connectivity index (χ0v) is 12.0. The molecule has 0 heterocycles. The van der Waals surface area contributed by atoms with Crippen LogP contribution in [0.5, 0.6) is 0 Å². The Morgan fingerprint density at radius 3 is 2.42 bits per heavy atom. The summed E-state index contributed by atoms with van der Waals surface area (Å²) in [6, 6.07) is 6.76. The predicted octanol–water partition coefficient (Wildman–Crippen LogP) is 1.93. The number of rotatable bonds is 7. The minimum atomic E-state index is -3.37. The SMILES string of the molecule is CCCCN(C1CC1)S(=O)(=O)c1ccc(NN)cc1. The molecule has 0 radical (unpaired) electrons. The van der Waals surface area contributed by atoms with E-state index in [1.54, 1.807) is 28.6 Å². The Hall–Kier alpha value is -1.11. The average Bonchev–Trinajstić information content (AvgIpc) is 3.23. The maximum absolute atomic E-state index is 12.6. The van der Waals surface area contributed by atoms with E-state index >= 15 is 0 Å². The number of hydrogen-bond donors (Lipinski definition) is 2. The number of hydrazine groups is 1.